The molecule has 1 heterocycles. The fourth-order valence-corrected chi connectivity index (χ4v) is 3.59. The van der Waals surface area contributed by atoms with Gasteiger partial charge in [0.1, 0.15) is 5.75 Å². The van der Waals surface area contributed by atoms with Crippen molar-refractivity contribution in [1.82, 2.24) is 10.2 Å². The number of rotatable bonds is 8. The van der Waals surface area contributed by atoms with Crippen molar-refractivity contribution in [2.75, 3.05) is 38.2 Å². The molecule has 3 rings (SSSR count). The summed E-state index contributed by atoms with van der Waals surface area (Å²) in [6, 6.07) is 15.3. The molecule has 0 atom stereocenters. The van der Waals surface area contributed by atoms with E-state index in [0.717, 1.165) is 24.4 Å². The minimum Gasteiger partial charge on any atom is -0.494 e. The zero-order valence-corrected chi connectivity index (χ0v) is 17.9. The molecule has 160 valence electrons. The van der Waals surface area contributed by atoms with E-state index in [0.29, 0.717) is 18.7 Å². The molecule has 0 aromatic heterocycles. The Bertz CT molecular complexity index is 828. The van der Waals surface area contributed by atoms with Gasteiger partial charge in [-0.1, -0.05) is 12.1 Å². The van der Waals surface area contributed by atoms with Crippen molar-refractivity contribution in [2.45, 2.75) is 32.7 Å². The highest BCUT2D eigenvalue weighted by Gasteiger charge is 2.14. The quantitative estimate of drug-likeness (QED) is 0.725. The maximum atomic E-state index is 12.4. The first kappa shape index (κ1) is 21.7. The van der Waals surface area contributed by atoms with Gasteiger partial charge in [-0.2, -0.15) is 0 Å². The highest BCUT2D eigenvalue weighted by atomic mass is 16.5. The van der Waals surface area contributed by atoms with Crippen LogP contribution in [0.25, 0.3) is 0 Å². The van der Waals surface area contributed by atoms with Gasteiger partial charge in [0, 0.05) is 37.9 Å². The lowest BCUT2D eigenvalue weighted by Crippen LogP contribution is -2.37. The molecule has 2 aromatic carbocycles. The van der Waals surface area contributed by atoms with Gasteiger partial charge in [-0.3, -0.25) is 9.59 Å². The summed E-state index contributed by atoms with van der Waals surface area (Å²) in [5.41, 5.74) is 2.82. The Hall–Kier alpha value is -3.02. The minimum absolute atomic E-state index is 0.0333. The molecule has 0 bridgehead atoms. The van der Waals surface area contributed by atoms with E-state index in [-0.39, 0.29) is 18.4 Å². The number of likely N-dealkylation sites (N-methyl/N-ethyl adjacent to an activating group) is 1. The molecule has 1 aliphatic rings. The van der Waals surface area contributed by atoms with E-state index in [4.69, 9.17) is 4.74 Å². The number of anilines is 1. The van der Waals surface area contributed by atoms with Gasteiger partial charge in [0.05, 0.1) is 13.2 Å². The molecule has 0 spiro atoms. The Morgan fingerprint density at radius 1 is 1.00 bits per heavy atom. The average Bonchev–Trinajstić information content (AvgIpc) is 2.79. The zero-order valence-electron chi connectivity index (χ0n) is 17.9. The standard InChI is InChI=1S/C24H31N3O3/c1-3-30-22-13-9-20(10-14-22)24(29)25-17-23(28)26(2)18-19-7-11-21(12-8-19)27-15-5-4-6-16-27/h7-14H,3-6,15-18H2,1-2H3,(H,25,29). The third-order valence-electron chi connectivity index (χ3n) is 5.33. The second-order valence-corrected chi connectivity index (χ2v) is 7.60. The van der Waals surface area contributed by atoms with E-state index >= 15 is 0 Å². The van der Waals surface area contributed by atoms with Crippen LogP contribution in [0, 0.1) is 0 Å². The smallest absolute Gasteiger partial charge is 0.251 e. The Balaban J connectivity index is 1.46. The first-order valence-corrected chi connectivity index (χ1v) is 10.7. The topological polar surface area (TPSA) is 61.9 Å². The van der Waals surface area contributed by atoms with Gasteiger partial charge >= 0.3 is 0 Å². The average molecular weight is 410 g/mol. The van der Waals surface area contributed by atoms with Gasteiger partial charge in [0.2, 0.25) is 5.91 Å². The van der Waals surface area contributed by atoms with E-state index < -0.39 is 0 Å². The first-order chi connectivity index (χ1) is 14.6. The summed E-state index contributed by atoms with van der Waals surface area (Å²) < 4.78 is 5.37. The van der Waals surface area contributed by atoms with Crippen molar-refractivity contribution in [3.8, 4) is 5.75 Å². The van der Waals surface area contributed by atoms with Crippen LogP contribution in [-0.2, 0) is 11.3 Å². The van der Waals surface area contributed by atoms with Crippen LogP contribution in [0.2, 0.25) is 0 Å². The molecule has 1 fully saturated rings. The van der Waals surface area contributed by atoms with Gasteiger partial charge in [0.15, 0.2) is 0 Å². The third kappa shape index (κ3) is 5.99. The van der Waals surface area contributed by atoms with Gasteiger partial charge in [0.25, 0.3) is 5.91 Å². The summed E-state index contributed by atoms with van der Waals surface area (Å²) in [7, 11) is 1.75. The van der Waals surface area contributed by atoms with Crippen LogP contribution in [0.15, 0.2) is 48.5 Å². The van der Waals surface area contributed by atoms with Crippen LogP contribution in [0.1, 0.15) is 42.1 Å². The third-order valence-corrected chi connectivity index (χ3v) is 5.33. The molecular formula is C24H31N3O3. The van der Waals surface area contributed by atoms with Gasteiger partial charge < -0.3 is 19.9 Å². The zero-order chi connectivity index (χ0) is 21.3. The Kier molecular flexibility index (Phi) is 7.71. The molecule has 1 N–H and O–H groups in total. The largest absolute Gasteiger partial charge is 0.494 e. The second kappa shape index (κ2) is 10.7. The molecule has 2 amide bonds. The van der Waals surface area contributed by atoms with Crippen molar-refractivity contribution >= 4 is 17.5 Å². The van der Waals surface area contributed by atoms with Gasteiger partial charge in [-0.15, -0.1) is 0 Å². The lowest BCUT2D eigenvalue weighted by atomic mass is 10.1. The molecule has 1 saturated heterocycles. The van der Waals surface area contributed by atoms with Crippen molar-refractivity contribution < 1.29 is 14.3 Å². The monoisotopic (exact) mass is 409 g/mol. The summed E-state index contributed by atoms with van der Waals surface area (Å²) >= 11 is 0. The molecule has 1 aliphatic heterocycles. The molecule has 6 nitrogen and oxygen atoms in total. The molecule has 2 aromatic rings. The first-order valence-electron chi connectivity index (χ1n) is 10.7. The molecule has 0 unspecified atom stereocenters. The van der Waals surface area contributed by atoms with Crippen molar-refractivity contribution in [3.05, 3.63) is 59.7 Å². The fourth-order valence-electron chi connectivity index (χ4n) is 3.59. The number of carbonyl (C=O) groups excluding carboxylic acids is 2. The number of nitrogens with one attached hydrogen (secondary N) is 1. The van der Waals surface area contributed by atoms with Crippen LogP contribution in [0.5, 0.6) is 5.75 Å². The Morgan fingerprint density at radius 3 is 2.30 bits per heavy atom. The predicted octanol–water partition coefficient (Wildman–Crippen LogP) is 3.46. The number of amides is 2. The van der Waals surface area contributed by atoms with E-state index in [9.17, 15) is 9.59 Å². The lowest BCUT2D eigenvalue weighted by molar-refractivity contribution is -0.129. The van der Waals surface area contributed by atoms with Crippen molar-refractivity contribution in [2.24, 2.45) is 0 Å². The fraction of sp³-hybridized carbons (Fsp3) is 0.417. The Morgan fingerprint density at radius 2 is 1.67 bits per heavy atom. The summed E-state index contributed by atoms with van der Waals surface area (Å²) in [5, 5.41) is 2.69. The maximum absolute atomic E-state index is 12.4. The van der Waals surface area contributed by atoms with Crippen molar-refractivity contribution in [3.63, 3.8) is 0 Å². The number of carbonyl (C=O) groups is 2. The highest BCUT2D eigenvalue weighted by molar-refractivity contribution is 5.96. The molecule has 0 saturated carbocycles. The molecule has 6 heteroatoms. The van der Waals surface area contributed by atoms with E-state index in [1.54, 1.807) is 36.2 Å². The van der Waals surface area contributed by atoms with Crippen LogP contribution in [0.4, 0.5) is 5.69 Å². The molecule has 30 heavy (non-hydrogen) atoms. The number of ether oxygens (including phenoxy) is 1. The second-order valence-electron chi connectivity index (χ2n) is 7.60. The summed E-state index contributed by atoms with van der Waals surface area (Å²) in [4.78, 5) is 28.7. The predicted molar refractivity (Wildman–Crippen MR) is 119 cm³/mol. The molecule has 0 aliphatic carbocycles. The number of hydrogen-bond donors (Lipinski definition) is 1. The number of nitrogens with zero attached hydrogens (tertiary/aromatic N) is 2. The highest BCUT2D eigenvalue weighted by Crippen LogP contribution is 2.20. The van der Waals surface area contributed by atoms with E-state index in [1.807, 2.05) is 6.92 Å². The maximum Gasteiger partial charge on any atom is 0.251 e. The number of benzene rings is 2. The molecular weight excluding hydrogens is 378 g/mol. The normalized spacial score (nSPS) is 13.6. The van der Waals surface area contributed by atoms with Crippen LogP contribution >= 0.6 is 0 Å². The number of piperidine rings is 1. The summed E-state index contributed by atoms with van der Waals surface area (Å²) in [6.07, 6.45) is 3.82. The minimum atomic E-state index is -0.273. The summed E-state index contributed by atoms with van der Waals surface area (Å²) in [6.45, 7) is 5.20. The van der Waals surface area contributed by atoms with Crippen LogP contribution < -0.4 is 15.0 Å². The SMILES string of the molecule is CCOc1ccc(C(=O)NCC(=O)N(C)Cc2ccc(N3CCCCC3)cc2)cc1. The Labute approximate surface area is 178 Å². The van der Waals surface area contributed by atoms with E-state index in [2.05, 4.69) is 34.5 Å². The number of hydrogen-bond acceptors (Lipinski definition) is 4. The summed E-state index contributed by atoms with van der Waals surface area (Å²) in [5.74, 6) is 0.316. The van der Waals surface area contributed by atoms with Gasteiger partial charge in [-0.05, 0) is 68.1 Å². The van der Waals surface area contributed by atoms with Crippen LogP contribution in [-0.4, -0.2) is 50.0 Å². The van der Waals surface area contributed by atoms with E-state index in [1.165, 1.54) is 24.9 Å². The van der Waals surface area contributed by atoms with Gasteiger partial charge in [-0.25, -0.2) is 0 Å². The van der Waals surface area contributed by atoms with Crippen molar-refractivity contribution in [1.29, 1.82) is 0 Å². The van der Waals surface area contributed by atoms with Crippen LogP contribution in [0.3, 0.4) is 0 Å². The molecule has 0 radical (unpaired) electrons. The lowest BCUT2D eigenvalue weighted by Gasteiger charge is -2.29.